The first-order valence-electron chi connectivity index (χ1n) is 10.3. The molecule has 0 aromatic carbocycles. The number of hydrogen-bond donors (Lipinski definition) is 1. The molecule has 0 radical (unpaired) electrons. The van der Waals surface area contributed by atoms with Crippen molar-refractivity contribution in [3.8, 4) is 0 Å². The van der Waals surface area contributed by atoms with Gasteiger partial charge in [-0.1, -0.05) is 0 Å². The predicted octanol–water partition coefficient (Wildman–Crippen LogP) is 1.56. The number of anilines is 1. The number of carbonyl (C=O) groups excluding carboxylic acids is 1. The Morgan fingerprint density at radius 3 is 2.28 bits per heavy atom. The van der Waals surface area contributed by atoms with Crippen molar-refractivity contribution in [3.05, 3.63) is 18.5 Å². The van der Waals surface area contributed by atoms with Gasteiger partial charge in [-0.3, -0.25) is 9.69 Å². The topological polar surface area (TPSA) is 92.9 Å². The summed E-state index contributed by atoms with van der Waals surface area (Å²) in [4.78, 5) is 26.3. The molecule has 9 heteroatoms. The number of aromatic nitrogens is 2. The maximum Gasteiger partial charge on any atom is 0.226 e. The average Bonchev–Trinajstić information content (AvgIpc) is 3.08. The summed E-state index contributed by atoms with van der Waals surface area (Å²) in [5.74, 6) is 3.55. The van der Waals surface area contributed by atoms with Gasteiger partial charge in [0.05, 0.1) is 5.41 Å². The lowest BCUT2D eigenvalue weighted by Gasteiger charge is -2.35. The first-order valence-corrected chi connectivity index (χ1v) is 10.3. The fourth-order valence-electron chi connectivity index (χ4n) is 6.30. The number of piperazine rings is 1. The second kappa shape index (κ2) is 9.77. The molecule has 0 spiro atoms. The predicted molar refractivity (Wildman–Crippen MR) is 118 cm³/mol. The second-order valence-corrected chi connectivity index (χ2v) is 8.83. The summed E-state index contributed by atoms with van der Waals surface area (Å²) in [5.41, 5.74) is 0.0108. The first kappa shape index (κ1) is 24.1. The molecule has 4 aliphatic carbocycles. The smallest absolute Gasteiger partial charge is 0.226 e. The SMILES string of the molecule is Cl.Cl.O.O=C(NCCN1CCN(c2ncccn2)CC1)C12CC3CC(CC1C3)C2. The van der Waals surface area contributed by atoms with Crippen LogP contribution in [0.5, 0.6) is 0 Å². The van der Waals surface area contributed by atoms with E-state index in [0.717, 1.165) is 69.9 Å². The molecule has 1 aromatic heterocycles. The normalized spacial score (nSPS) is 32.1. The van der Waals surface area contributed by atoms with E-state index < -0.39 is 0 Å². The fraction of sp³-hybridized carbons (Fsp3) is 0.750. The summed E-state index contributed by atoms with van der Waals surface area (Å²) in [5, 5.41) is 3.30. The summed E-state index contributed by atoms with van der Waals surface area (Å²) in [6, 6.07) is 1.85. The lowest BCUT2D eigenvalue weighted by Crippen LogP contribution is -2.50. The third-order valence-corrected chi connectivity index (χ3v) is 7.36. The highest BCUT2D eigenvalue weighted by molar-refractivity contribution is 5.85. The summed E-state index contributed by atoms with van der Waals surface area (Å²) >= 11 is 0. The molecule has 4 bridgehead atoms. The van der Waals surface area contributed by atoms with Gasteiger partial charge in [-0.15, -0.1) is 24.8 Å². The van der Waals surface area contributed by atoms with Crippen molar-refractivity contribution in [2.75, 3.05) is 44.2 Å². The van der Waals surface area contributed by atoms with Crippen LogP contribution < -0.4 is 10.2 Å². The molecule has 1 aromatic rings. The van der Waals surface area contributed by atoms with Crippen LogP contribution in [0.25, 0.3) is 0 Å². The minimum Gasteiger partial charge on any atom is -0.412 e. The minimum atomic E-state index is 0. The van der Waals surface area contributed by atoms with Gasteiger partial charge in [0.15, 0.2) is 0 Å². The van der Waals surface area contributed by atoms with E-state index in [0.29, 0.717) is 11.8 Å². The third-order valence-electron chi connectivity index (χ3n) is 7.36. The maximum atomic E-state index is 12.9. The molecule has 3 N–H and O–H groups in total. The molecule has 5 fully saturated rings. The van der Waals surface area contributed by atoms with Crippen molar-refractivity contribution in [2.24, 2.45) is 23.2 Å². The van der Waals surface area contributed by atoms with Gasteiger partial charge < -0.3 is 15.7 Å². The Balaban J connectivity index is 0.000001000. The van der Waals surface area contributed by atoms with E-state index in [2.05, 4.69) is 25.1 Å². The van der Waals surface area contributed by atoms with Crippen LogP contribution >= 0.6 is 24.8 Å². The minimum absolute atomic E-state index is 0. The Morgan fingerprint density at radius 1 is 1.03 bits per heavy atom. The molecule has 29 heavy (non-hydrogen) atoms. The van der Waals surface area contributed by atoms with Crippen LogP contribution in [0.2, 0.25) is 0 Å². The van der Waals surface area contributed by atoms with E-state index in [-0.39, 0.29) is 35.7 Å². The van der Waals surface area contributed by atoms with Crippen LogP contribution in [-0.4, -0.2) is 65.5 Å². The Bertz CT molecular complexity index is 658. The fourth-order valence-corrected chi connectivity index (χ4v) is 6.30. The number of hydrogen-bond acceptors (Lipinski definition) is 5. The number of amides is 1. The lowest BCUT2D eigenvalue weighted by atomic mass is 9.75. The molecule has 5 aliphatic rings. The molecule has 1 aliphatic heterocycles. The van der Waals surface area contributed by atoms with Gasteiger partial charge in [-0.2, -0.15) is 0 Å². The largest absolute Gasteiger partial charge is 0.412 e. The van der Waals surface area contributed by atoms with E-state index in [1.165, 1.54) is 19.3 Å². The van der Waals surface area contributed by atoms with Crippen LogP contribution in [0, 0.1) is 23.2 Å². The molecule has 4 saturated carbocycles. The van der Waals surface area contributed by atoms with Crippen molar-refractivity contribution >= 4 is 36.7 Å². The molecular formula is C20H33Cl2N5O2. The standard InChI is InChI=1S/C20H29N5O.2ClH.H2O/c26-18(20-13-15-10-16(14-20)12-17(20)11-15)21-4-5-24-6-8-25(9-7-24)19-22-2-1-3-23-19;;;/h1-3,15-17H,4-14H2,(H,21,26);2*1H;1H2. The summed E-state index contributed by atoms with van der Waals surface area (Å²) in [7, 11) is 0. The van der Waals surface area contributed by atoms with Gasteiger partial charge in [0.1, 0.15) is 0 Å². The van der Waals surface area contributed by atoms with Gasteiger partial charge >= 0.3 is 0 Å². The quantitative estimate of drug-likeness (QED) is 0.741. The van der Waals surface area contributed by atoms with E-state index in [4.69, 9.17) is 0 Å². The van der Waals surface area contributed by atoms with Crippen molar-refractivity contribution in [3.63, 3.8) is 0 Å². The third kappa shape index (κ3) is 4.48. The number of rotatable bonds is 5. The maximum absolute atomic E-state index is 12.9. The van der Waals surface area contributed by atoms with Crippen LogP contribution in [0.1, 0.15) is 32.1 Å². The van der Waals surface area contributed by atoms with Gasteiger partial charge in [-0.25, -0.2) is 9.97 Å². The Hall–Kier alpha value is -1.15. The number of nitrogens with one attached hydrogen (secondary N) is 1. The molecule has 164 valence electrons. The van der Waals surface area contributed by atoms with E-state index >= 15 is 0 Å². The number of halogens is 2. The highest BCUT2D eigenvalue weighted by Crippen LogP contribution is 2.65. The van der Waals surface area contributed by atoms with Gasteiger partial charge in [0.2, 0.25) is 11.9 Å². The van der Waals surface area contributed by atoms with E-state index in [1.54, 1.807) is 12.4 Å². The molecule has 2 unspecified atom stereocenters. The molecular weight excluding hydrogens is 413 g/mol. The summed E-state index contributed by atoms with van der Waals surface area (Å²) in [6.07, 6.45) is 9.94. The zero-order valence-electron chi connectivity index (χ0n) is 16.8. The molecule has 7 nitrogen and oxygen atoms in total. The number of carbonyl (C=O) groups is 1. The van der Waals surface area contributed by atoms with Crippen molar-refractivity contribution in [1.29, 1.82) is 0 Å². The summed E-state index contributed by atoms with van der Waals surface area (Å²) in [6.45, 7) is 5.64. The van der Waals surface area contributed by atoms with Crippen molar-refractivity contribution < 1.29 is 10.3 Å². The highest BCUT2D eigenvalue weighted by atomic mass is 35.5. The molecule has 6 rings (SSSR count). The van der Waals surface area contributed by atoms with Crippen molar-refractivity contribution in [1.82, 2.24) is 20.2 Å². The lowest BCUT2D eigenvalue weighted by molar-refractivity contribution is -0.132. The zero-order valence-corrected chi connectivity index (χ0v) is 18.4. The average molecular weight is 446 g/mol. The molecule has 2 atom stereocenters. The highest BCUT2D eigenvalue weighted by Gasteiger charge is 2.61. The van der Waals surface area contributed by atoms with E-state index in [1.807, 2.05) is 6.07 Å². The van der Waals surface area contributed by atoms with Crippen LogP contribution in [0.3, 0.4) is 0 Å². The van der Waals surface area contributed by atoms with Crippen LogP contribution in [-0.2, 0) is 4.79 Å². The Morgan fingerprint density at radius 2 is 1.66 bits per heavy atom. The Labute approximate surface area is 185 Å². The zero-order chi connectivity index (χ0) is 17.6. The van der Waals surface area contributed by atoms with Crippen LogP contribution in [0.4, 0.5) is 5.95 Å². The molecule has 2 heterocycles. The Kier molecular flexibility index (Phi) is 8.13. The first-order chi connectivity index (χ1) is 12.7. The second-order valence-electron chi connectivity index (χ2n) is 8.83. The molecule has 1 saturated heterocycles. The van der Waals surface area contributed by atoms with Gasteiger partial charge in [0, 0.05) is 51.7 Å². The van der Waals surface area contributed by atoms with E-state index in [9.17, 15) is 4.79 Å². The van der Waals surface area contributed by atoms with Gasteiger partial charge in [0.25, 0.3) is 0 Å². The van der Waals surface area contributed by atoms with Gasteiger partial charge in [-0.05, 0) is 55.9 Å². The summed E-state index contributed by atoms with van der Waals surface area (Å²) < 4.78 is 0. The monoisotopic (exact) mass is 445 g/mol. The van der Waals surface area contributed by atoms with Crippen LogP contribution in [0.15, 0.2) is 18.5 Å². The molecule has 1 amide bonds. The van der Waals surface area contributed by atoms with Crippen molar-refractivity contribution in [2.45, 2.75) is 32.1 Å². The number of nitrogens with zero attached hydrogens (tertiary/aromatic N) is 4.